The van der Waals surface area contributed by atoms with Crippen molar-refractivity contribution in [2.75, 3.05) is 37.7 Å². The smallest absolute Gasteiger partial charge is 0.250 e. The van der Waals surface area contributed by atoms with Crippen LogP contribution in [0.5, 0.6) is 0 Å². The summed E-state index contributed by atoms with van der Waals surface area (Å²) in [6, 6.07) is 4.95. The minimum atomic E-state index is -3.46. The molecule has 0 radical (unpaired) electrons. The lowest BCUT2D eigenvalue weighted by Crippen LogP contribution is -2.39. The number of rotatable bonds is 5. The number of sulfonamides is 1. The van der Waals surface area contributed by atoms with Gasteiger partial charge in [-0.05, 0) is 12.1 Å². The summed E-state index contributed by atoms with van der Waals surface area (Å²) in [6.07, 6.45) is 0. The number of hydrogen-bond acceptors (Lipinski definition) is 6. The highest BCUT2D eigenvalue weighted by atomic mass is 32.2. The Bertz CT molecular complexity index is 556. The third-order valence-corrected chi connectivity index (χ3v) is 6.67. The van der Waals surface area contributed by atoms with Crippen LogP contribution in [0.4, 0.5) is 0 Å². The van der Waals surface area contributed by atoms with Crippen molar-refractivity contribution >= 4 is 33.1 Å². The molecule has 0 spiro atoms. The molecule has 1 saturated heterocycles. The Kier molecular flexibility index (Phi) is 5.24. The lowest BCUT2D eigenvalue weighted by atomic mass is 10.5. The molecule has 0 atom stereocenters. The van der Waals surface area contributed by atoms with Gasteiger partial charge in [-0.3, -0.25) is 0 Å². The second-order valence-electron chi connectivity index (χ2n) is 4.08. The zero-order valence-corrected chi connectivity index (χ0v) is 12.8. The fourth-order valence-corrected chi connectivity index (χ4v) is 4.91. The largest absolute Gasteiger partial charge is 0.300 e. The number of thioether (sulfide) groups is 1. The second kappa shape index (κ2) is 6.72. The monoisotopic (exact) mass is 317 g/mol. The average molecular weight is 317 g/mol. The van der Waals surface area contributed by atoms with Gasteiger partial charge in [0.2, 0.25) is 10.0 Å². The maximum Gasteiger partial charge on any atom is 0.250 e. The SMILES string of the molecule is N#Cc1ccc(S(=O)(=O)NCCN2CCSCC2)s1. The fourth-order valence-electron chi connectivity index (χ4n) is 1.76. The second-order valence-corrected chi connectivity index (χ2v) is 8.38. The maximum absolute atomic E-state index is 12.0. The molecule has 1 fully saturated rings. The number of nitrogens with zero attached hydrogens (tertiary/aromatic N) is 2. The molecule has 0 saturated carbocycles. The molecule has 1 aromatic rings. The van der Waals surface area contributed by atoms with Gasteiger partial charge in [0.05, 0.1) is 0 Å². The quantitative estimate of drug-likeness (QED) is 0.875. The predicted molar refractivity (Wildman–Crippen MR) is 78.0 cm³/mol. The summed E-state index contributed by atoms with van der Waals surface area (Å²) < 4.78 is 26.7. The molecular formula is C11H15N3O2S3. The van der Waals surface area contributed by atoms with Crippen molar-refractivity contribution in [1.82, 2.24) is 9.62 Å². The van der Waals surface area contributed by atoms with Crippen LogP contribution < -0.4 is 4.72 Å². The van der Waals surface area contributed by atoms with E-state index in [0.29, 0.717) is 11.4 Å². The van der Waals surface area contributed by atoms with E-state index < -0.39 is 10.0 Å². The van der Waals surface area contributed by atoms with Gasteiger partial charge in [0.25, 0.3) is 0 Å². The number of nitriles is 1. The molecule has 1 aromatic heterocycles. The fraction of sp³-hybridized carbons (Fsp3) is 0.545. The van der Waals surface area contributed by atoms with Gasteiger partial charge in [-0.25, -0.2) is 13.1 Å². The molecule has 1 aliphatic rings. The van der Waals surface area contributed by atoms with E-state index >= 15 is 0 Å². The van der Waals surface area contributed by atoms with Crippen LogP contribution in [0.15, 0.2) is 16.3 Å². The standard InChI is InChI=1S/C11H15N3O2S3/c12-9-10-1-2-11(18-10)19(15,16)13-3-4-14-5-7-17-8-6-14/h1-2,13H,3-8H2. The molecule has 0 bridgehead atoms. The first-order valence-electron chi connectivity index (χ1n) is 5.91. The number of thiophene rings is 1. The number of nitrogens with one attached hydrogen (secondary N) is 1. The summed E-state index contributed by atoms with van der Waals surface area (Å²) in [5.41, 5.74) is 0. The van der Waals surface area contributed by atoms with Gasteiger partial charge in [0.15, 0.2) is 0 Å². The Morgan fingerprint density at radius 2 is 2.11 bits per heavy atom. The molecule has 2 rings (SSSR count). The molecule has 0 amide bonds. The highest BCUT2D eigenvalue weighted by Crippen LogP contribution is 2.20. The van der Waals surface area contributed by atoms with E-state index in [4.69, 9.17) is 5.26 Å². The Morgan fingerprint density at radius 3 is 2.74 bits per heavy atom. The molecule has 0 aliphatic carbocycles. The lowest BCUT2D eigenvalue weighted by molar-refractivity contribution is 0.307. The van der Waals surface area contributed by atoms with Crippen LogP contribution in [0.1, 0.15) is 4.88 Å². The van der Waals surface area contributed by atoms with Crippen LogP contribution in [0, 0.1) is 11.3 Å². The van der Waals surface area contributed by atoms with E-state index in [1.807, 2.05) is 17.8 Å². The summed E-state index contributed by atoms with van der Waals surface area (Å²) in [5, 5.41) is 8.70. The molecule has 2 heterocycles. The normalized spacial score (nSPS) is 17.2. The molecule has 8 heteroatoms. The van der Waals surface area contributed by atoms with Gasteiger partial charge in [-0.15, -0.1) is 11.3 Å². The van der Waals surface area contributed by atoms with Crippen molar-refractivity contribution in [2.24, 2.45) is 0 Å². The average Bonchev–Trinajstić information content (AvgIpc) is 2.89. The summed E-state index contributed by atoms with van der Waals surface area (Å²) in [4.78, 5) is 2.67. The topological polar surface area (TPSA) is 73.2 Å². The van der Waals surface area contributed by atoms with E-state index in [9.17, 15) is 8.42 Å². The highest BCUT2D eigenvalue weighted by Gasteiger charge is 2.17. The van der Waals surface area contributed by atoms with Crippen LogP contribution in [-0.2, 0) is 10.0 Å². The first-order valence-corrected chi connectivity index (χ1v) is 9.37. The lowest BCUT2D eigenvalue weighted by Gasteiger charge is -2.25. The Labute approximate surface area is 121 Å². The molecule has 1 aliphatic heterocycles. The third kappa shape index (κ3) is 4.19. The van der Waals surface area contributed by atoms with Crippen LogP contribution in [0.25, 0.3) is 0 Å². The summed E-state index contributed by atoms with van der Waals surface area (Å²) in [5.74, 6) is 2.23. The third-order valence-electron chi connectivity index (χ3n) is 2.78. The van der Waals surface area contributed by atoms with E-state index in [-0.39, 0.29) is 4.21 Å². The van der Waals surface area contributed by atoms with Gasteiger partial charge in [0.1, 0.15) is 15.2 Å². The first kappa shape index (κ1) is 14.8. The number of hydrogen-bond donors (Lipinski definition) is 1. The van der Waals surface area contributed by atoms with Gasteiger partial charge in [-0.2, -0.15) is 17.0 Å². The van der Waals surface area contributed by atoms with Crippen molar-refractivity contribution in [2.45, 2.75) is 4.21 Å². The van der Waals surface area contributed by atoms with Crippen molar-refractivity contribution in [3.63, 3.8) is 0 Å². The molecular weight excluding hydrogens is 302 g/mol. The minimum absolute atomic E-state index is 0.207. The van der Waals surface area contributed by atoms with Gasteiger partial charge >= 0.3 is 0 Å². The molecule has 104 valence electrons. The maximum atomic E-state index is 12.0. The molecule has 0 aromatic carbocycles. The van der Waals surface area contributed by atoms with Gasteiger partial charge < -0.3 is 4.90 Å². The Morgan fingerprint density at radius 1 is 1.37 bits per heavy atom. The van der Waals surface area contributed by atoms with E-state index in [1.165, 1.54) is 12.1 Å². The van der Waals surface area contributed by atoms with Crippen LogP contribution in [0.3, 0.4) is 0 Å². The molecule has 19 heavy (non-hydrogen) atoms. The summed E-state index contributed by atoms with van der Waals surface area (Å²) in [7, 11) is -3.46. The predicted octanol–water partition coefficient (Wildman–Crippen LogP) is 0.947. The van der Waals surface area contributed by atoms with Gasteiger partial charge in [-0.1, -0.05) is 0 Å². The molecule has 1 N–H and O–H groups in total. The van der Waals surface area contributed by atoms with Crippen LogP contribution in [-0.4, -0.2) is 51.0 Å². The van der Waals surface area contributed by atoms with Gasteiger partial charge in [0, 0.05) is 37.7 Å². The van der Waals surface area contributed by atoms with E-state index in [2.05, 4.69) is 9.62 Å². The Hall–Kier alpha value is -0.590. The Balaban J connectivity index is 1.85. The molecule has 5 nitrogen and oxygen atoms in total. The zero-order chi connectivity index (χ0) is 13.7. The summed E-state index contributed by atoms with van der Waals surface area (Å²) >= 11 is 2.93. The van der Waals surface area contributed by atoms with Crippen molar-refractivity contribution in [3.05, 3.63) is 17.0 Å². The van der Waals surface area contributed by atoms with E-state index in [0.717, 1.165) is 42.5 Å². The van der Waals surface area contributed by atoms with Crippen molar-refractivity contribution in [1.29, 1.82) is 5.26 Å². The van der Waals surface area contributed by atoms with E-state index in [1.54, 1.807) is 0 Å². The molecule has 0 unspecified atom stereocenters. The van der Waals surface area contributed by atoms with Crippen LogP contribution in [0.2, 0.25) is 0 Å². The first-order chi connectivity index (χ1) is 9.12. The minimum Gasteiger partial charge on any atom is -0.300 e. The van der Waals surface area contributed by atoms with Crippen molar-refractivity contribution < 1.29 is 8.42 Å². The van der Waals surface area contributed by atoms with Crippen molar-refractivity contribution in [3.8, 4) is 6.07 Å². The summed E-state index contributed by atoms with van der Waals surface area (Å²) in [6.45, 7) is 3.18. The zero-order valence-electron chi connectivity index (χ0n) is 10.3. The highest BCUT2D eigenvalue weighted by molar-refractivity contribution is 7.99. The van der Waals surface area contributed by atoms with Crippen LogP contribution >= 0.6 is 23.1 Å².